The molecule has 8 nitrogen and oxygen atoms in total. The number of carbonyl (C=O) groups is 1. The van der Waals surface area contributed by atoms with Gasteiger partial charge in [-0.2, -0.15) is 0 Å². The van der Waals surface area contributed by atoms with E-state index >= 15 is 0 Å². The minimum absolute atomic E-state index is 0.128. The maximum absolute atomic E-state index is 12.8. The van der Waals surface area contributed by atoms with Gasteiger partial charge in [0.1, 0.15) is 5.76 Å². The van der Waals surface area contributed by atoms with Gasteiger partial charge >= 0.3 is 0 Å². The summed E-state index contributed by atoms with van der Waals surface area (Å²) in [4.78, 5) is 17.4. The Hall–Kier alpha value is -2.23. The number of rotatable bonds is 5. The van der Waals surface area contributed by atoms with Crippen LogP contribution in [-0.4, -0.2) is 68.4 Å². The summed E-state index contributed by atoms with van der Waals surface area (Å²) in [6.07, 6.45) is 1.67. The first-order chi connectivity index (χ1) is 14.7. The zero-order valence-electron chi connectivity index (χ0n) is 18.3. The molecule has 0 radical (unpaired) electrons. The second-order valence-corrected chi connectivity index (χ2v) is 10.9. The van der Waals surface area contributed by atoms with Crippen LogP contribution >= 0.6 is 0 Å². The summed E-state index contributed by atoms with van der Waals surface area (Å²) in [6, 6.07) is 7.02. The zero-order chi connectivity index (χ0) is 22.2. The summed E-state index contributed by atoms with van der Waals surface area (Å²) in [7, 11) is -3.20. The van der Waals surface area contributed by atoms with E-state index in [1.54, 1.807) is 12.1 Å². The lowest BCUT2D eigenvalue weighted by atomic mass is 9.87. The van der Waals surface area contributed by atoms with Crippen LogP contribution < -0.4 is 0 Å². The fourth-order valence-electron chi connectivity index (χ4n) is 4.56. The SMILES string of the molecule is Cc1noc(C)c1CN1C[C@@]2(COCCN(Cc3ccc(S(C)(=O)=O)cc3)C2)CC1=O. The summed E-state index contributed by atoms with van der Waals surface area (Å²) in [6.45, 7) is 8.30. The molecule has 0 N–H and O–H groups in total. The minimum Gasteiger partial charge on any atom is -0.379 e. The highest BCUT2D eigenvalue weighted by Gasteiger charge is 2.45. The Morgan fingerprint density at radius 1 is 1.13 bits per heavy atom. The van der Waals surface area contributed by atoms with Crippen molar-refractivity contribution in [3.63, 3.8) is 0 Å². The Morgan fingerprint density at radius 2 is 1.87 bits per heavy atom. The predicted molar refractivity (Wildman–Crippen MR) is 114 cm³/mol. The molecule has 0 aliphatic carbocycles. The lowest BCUT2D eigenvalue weighted by Crippen LogP contribution is -2.40. The zero-order valence-corrected chi connectivity index (χ0v) is 19.1. The van der Waals surface area contributed by atoms with Crippen LogP contribution in [0.5, 0.6) is 0 Å². The molecular formula is C22H29N3O5S. The Labute approximate surface area is 183 Å². The van der Waals surface area contributed by atoms with E-state index in [1.165, 1.54) is 6.26 Å². The summed E-state index contributed by atoms with van der Waals surface area (Å²) < 4.78 is 34.6. The first kappa shape index (κ1) is 22.0. The molecule has 1 aromatic carbocycles. The summed E-state index contributed by atoms with van der Waals surface area (Å²) >= 11 is 0. The number of benzene rings is 1. The Kier molecular flexibility index (Phi) is 5.93. The minimum atomic E-state index is -3.20. The standard InChI is InChI=1S/C22H29N3O5S/c1-16-20(17(2)30-23-16)12-25-14-22(10-21(25)26)13-24(8-9-29-15-22)11-18-4-6-19(7-5-18)31(3,27)28/h4-7H,8-15H2,1-3H3/t22-/m1/s1. The van der Waals surface area contributed by atoms with Gasteiger partial charge in [-0.1, -0.05) is 17.3 Å². The van der Waals surface area contributed by atoms with E-state index in [0.29, 0.717) is 44.2 Å². The average Bonchev–Trinajstić information content (AvgIpc) is 3.09. The van der Waals surface area contributed by atoms with E-state index < -0.39 is 9.84 Å². The van der Waals surface area contributed by atoms with Crippen molar-refractivity contribution in [2.75, 3.05) is 39.1 Å². The molecular weight excluding hydrogens is 418 g/mol. The molecule has 168 valence electrons. The molecule has 1 spiro atoms. The number of hydrogen-bond donors (Lipinski definition) is 0. The first-order valence-electron chi connectivity index (χ1n) is 10.4. The third-order valence-corrected chi connectivity index (χ3v) is 7.34. The van der Waals surface area contributed by atoms with Crippen LogP contribution in [-0.2, 0) is 32.5 Å². The third-order valence-electron chi connectivity index (χ3n) is 6.21. The fraction of sp³-hybridized carbons (Fsp3) is 0.545. The van der Waals surface area contributed by atoms with Gasteiger partial charge in [0, 0.05) is 49.8 Å². The van der Waals surface area contributed by atoms with Gasteiger partial charge in [0.2, 0.25) is 5.91 Å². The van der Waals surface area contributed by atoms with Crippen LogP contribution in [0.25, 0.3) is 0 Å². The summed E-state index contributed by atoms with van der Waals surface area (Å²) in [5.74, 6) is 0.880. The number of amides is 1. The van der Waals surface area contributed by atoms with E-state index in [2.05, 4.69) is 10.1 Å². The molecule has 2 aliphatic heterocycles. The number of ether oxygens (including phenoxy) is 1. The normalized spacial score (nSPS) is 22.9. The van der Waals surface area contributed by atoms with Crippen LogP contribution in [0, 0.1) is 19.3 Å². The smallest absolute Gasteiger partial charge is 0.223 e. The second kappa shape index (κ2) is 8.37. The van der Waals surface area contributed by atoms with Gasteiger partial charge in [-0.3, -0.25) is 9.69 Å². The van der Waals surface area contributed by atoms with Crippen molar-refractivity contribution in [2.24, 2.45) is 5.41 Å². The molecule has 31 heavy (non-hydrogen) atoms. The molecule has 0 bridgehead atoms. The van der Waals surface area contributed by atoms with E-state index in [-0.39, 0.29) is 11.3 Å². The van der Waals surface area contributed by atoms with E-state index in [4.69, 9.17) is 9.26 Å². The van der Waals surface area contributed by atoms with Crippen molar-refractivity contribution in [2.45, 2.75) is 38.3 Å². The second-order valence-electron chi connectivity index (χ2n) is 8.91. The number of carbonyl (C=O) groups excluding carboxylic acids is 1. The van der Waals surface area contributed by atoms with Crippen LogP contribution in [0.4, 0.5) is 0 Å². The molecule has 0 saturated carbocycles. The third kappa shape index (κ3) is 4.83. The van der Waals surface area contributed by atoms with Crippen LogP contribution in [0.2, 0.25) is 0 Å². The molecule has 3 heterocycles. The number of nitrogens with zero attached hydrogens (tertiary/aromatic N) is 3. The Morgan fingerprint density at radius 3 is 2.52 bits per heavy atom. The monoisotopic (exact) mass is 447 g/mol. The van der Waals surface area contributed by atoms with Crippen molar-refractivity contribution >= 4 is 15.7 Å². The summed E-state index contributed by atoms with van der Waals surface area (Å²) in [5.41, 5.74) is 2.59. The van der Waals surface area contributed by atoms with Gasteiger partial charge in [0.15, 0.2) is 9.84 Å². The molecule has 2 aliphatic rings. The average molecular weight is 448 g/mol. The highest BCUT2D eigenvalue weighted by Crippen LogP contribution is 2.36. The highest BCUT2D eigenvalue weighted by atomic mass is 32.2. The molecule has 1 aromatic heterocycles. The number of aryl methyl sites for hydroxylation is 2. The number of hydrogen-bond acceptors (Lipinski definition) is 7. The number of likely N-dealkylation sites (tertiary alicyclic amines) is 1. The maximum atomic E-state index is 12.8. The Balaban J connectivity index is 1.46. The van der Waals surface area contributed by atoms with Gasteiger partial charge in [-0.05, 0) is 31.5 Å². The van der Waals surface area contributed by atoms with Crippen molar-refractivity contribution in [3.8, 4) is 0 Å². The van der Waals surface area contributed by atoms with Gasteiger partial charge < -0.3 is 14.2 Å². The van der Waals surface area contributed by atoms with Gasteiger partial charge in [0.05, 0.1) is 30.3 Å². The fourth-order valence-corrected chi connectivity index (χ4v) is 5.19. The molecule has 2 fully saturated rings. The van der Waals surface area contributed by atoms with Crippen molar-refractivity contribution in [1.29, 1.82) is 0 Å². The van der Waals surface area contributed by atoms with Crippen molar-refractivity contribution in [1.82, 2.24) is 15.0 Å². The van der Waals surface area contributed by atoms with Crippen LogP contribution in [0.15, 0.2) is 33.7 Å². The van der Waals surface area contributed by atoms with E-state index in [1.807, 2.05) is 30.9 Å². The molecule has 1 amide bonds. The van der Waals surface area contributed by atoms with Gasteiger partial charge in [0.25, 0.3) is 0 Å². The number of aromatic nitrogens is 1. The lowest BCUT2D eigenvalue weighted by molar-refractivity contribution is -0.128. The quantitative estimate of drug-likeness (QED) is 0.692. The predicted octanol–water partition coefficient (Wildman–Crippen LogP) is 1.95. The maximum Gasteiger partial charge on any atom is 0.223 e. The van der Waals surface area contributed by atoms with Crippen molar-refractivity contribution < 1.29 is 22.5 Å². The van der Waals surface area contributed by atoms with E-state index in [0.717, 1.165) is 35.7 Å². The molecule has 0 unspecified atom stereocenters. The van der Waals surface area contributed by atoms with Crippen molar-refractivity contribution in [3.05, 3.63) is 46.8 Å². The molecule has 9 heteroatoms. The lowest BCUT2D eigenvalue weighted by Gasteiger charge is -2.31. The first-order valence-corrected chi connectivity index (χ1v) is 12.3. The molecule has 1 atom stereocenters. The van der Waals surface area contributed by atoms with Crippen LogP contribution in [0.1, 0.15) is 29.0 Å². The van der Waals surface area contributed by atoms with Gasteiger partial charge in [-0.25, -0.2) is 8.42 Å². The van der Waals surface area contributed by atoms with E-state index in [9.17, 15) is 13.2 Å². The Bertz CT molecular complexity index is 1040. The topological polar surface area (TPSA) is 92.9 Å². The molecule has 2 saturated heterocycles. The summed E-state index contributed by atoms with van der Waals surface area (Å²) in [5, 5.41) is 4.00. The largest absolute Gasteiger partial charge is 0.379 e. The highest BCUT2D eigenvalue weighted by molar-refractivity contribution is 7.90. The van der Waals surface area contributed by atoms with Gasteiger partial charge in [-0.15, -0.1) is 0 Å². The van der Waals surface area contributed by atoms with Crippen LogP contribution in [0.3, 0.4) is 0 Å². The number of sulfone groups is 1. The molecule has 4 rings (SSSR count). The molecule has 2 aromatic rings.